The van der Waals surface area contributed by atoms with E-state index in [0.717, 1.165) is 16.9 Å². The van der Waals surface area contributed by atoms with Gasteiger partial charge >= 0.3 is 0 Å². The Hall–Kier alpha value is 0.180. The van der Waals surface area contributed by atoms with E-state index in [1.807, 2.05) is 0 Å². The number of rotatable bonds is 13. The predicted molar refractivity (Wildman–Crippen MR) is 88.5 cm³/mol. The molecule has 0 aromatic carbocycles. The van der Waals surface area contributed by atoms with Gasteiger partial charge in [-0.3, -0.25) is 0 Å². The van der Waals surface area contributed by atoms with Gasteiger partial charge in [-0.25, -0.2) is 0 Å². The van der Waals surface area contributed by atoms with E-state index in [2.05, 4.69) is 40.7 Å². The van der Waals surface area contributed by atoms with E-state index in [9.17, 15) is 0 Å². The average molecular weight is 348 g/mol. The largest absolute Gasteiger partial charge is 1.00 e. The fraction of sp³-hybridized carbons (Fsp3) is 0.889. The number of hydrogen-bond donors (Lipinski definition) is 0. The van der Waals surface area contributed by atoms with Gasteiger partial charge in [-0.1, -0.05) is 64.4 Å². The molecule has 0 fully saturated rings. The van der Waals surface area contributed by atoms with Crippen LogP contribution in [0.4, 0.5) is 0 Å². The highest BCUT2D eigenvalue weighted by Crippen LogP contribution is 2.17. The summed E-state index contributed by atoms with van der Waals surface area (Å²) in [6.45, 7) is 6.18. The molecule has 0 aromatic heterocycles. The maximum Gasteiger partial charge on any atom is 0.0918 e. The van der Waals surface area contributed by atoms with Gasteiger partial charge in [0.15, 0.2) is 0 Å². The van der Waals surface area contributed by atoms with Crippen molar-refractivity contribution in [2.45, 2.75) is 83.6 Å². The number of halogens is 1. The second-order valence-electron chi connectivity index (χ2n) is 6.91. The highest BCUT2D eigenvalue weighted by atomic mass is 79.9. The summed E-state index contributed by atoms with van der Waals surface area (Å²) in [5, 5.41) is 0. The summed E-state index contributed by atoms with van der Waals surface area (Å²) in [6, 6.07) is 0.752. The molecule has 20 heavy (non-hydrogen) atoms. The molecule has 0 aliphatic carbocycles. The molecule has 1 nitrogen and oxygen atoms in total. The number of quaternary nitrogens is 1. The predicted octanol–water partition coefficient (Wildman–Crippen LogP) is 2.56. The normalized spacial score (nSPS) is 12.8. The third-order valence-corrected chi connectivity index (χ3v) is 4.18. The van der Waals surface area contributed by atoms with Crippen LogP contribution in [0.2, 0.25) is 0 Å². The summed E-state index contributed by atoms with van der Waals surface area (Å²) in [6.07, 6.45) is 17.4. The molecule has 0 aliphatic rings. The van der Waals surface area contributed by atoms with Gasteiger partial charge in [0.2, 0.25) is 0 Å². The lowest BCUT2D eigenvalue weighted by Crippen LogP contribution is -3.00. The Kier molecular flexibility index (Phi) is 15.9. The Morgan fingerprint density at radius 1 is 0.850 bits per heavy atom. The van der Waals surface area contributed by atoms with Crippen molar-refractivity contribution in [1.29, 1.82) is 0 Å². The van der Waals surface area contributed by atoms with Gasteiger partial charge in [0, 0.05) is 6.42 Å². The Balaban J connectivity index is 0. The van der Waals surface area contributed by atoms with Crippen molar-refractivity contribution in [3.63, 3.8) is 0 Å². The zero-order valence-electron chi connectivity index (χ0n) is 14.5. The van der Waals surface area contributed by atoms with Crippen LogP contribution >= 0.6 is 0 Å². The van der Waals surface area contributed by atoms with Crippen LogP contribution < -0.4 is 17.0 Å². The molecule has 1 atom stereocenters. The zero-order chi connectivity index (χ0) is 14.6. The smallest absolute Gasteiger partial charge is 0.0918 e. The Labute approximate surface area is 139 Å². The molecule has 0 N–H and O–H groups in total. The second kappa shape index (κ2) is 14.1. The van der Waals surface area contributed by atoms with Crippen LogP contribution in [0.15, 0.2) is 12.7 Å². The van der Waals surface area contributed by atoms with Crippen molar-refractivity contribution >= 4 is 0 Å². The van der Waals surface area contributed by atoms with E-state index in [0.29, 0.717) is 0 Å². The molecule has 0 bridgehead atoms. The van der Waals surface area contributed by atoms with Crippen LogP contribution in [0.25, 0.3) is 0 Å². The van der Waals surface area contributed by atoms with Gasteiger partial charge in [-0.2, -0.15) is 0 Å². The first-order valence-corrected chi connectivity index (χ1v) is 8.44. The molecule has 122 valence electrons. The molecule has 0 rings (SSSR count). The lowest BCUT2D eigenvalue weighted by Gasteiger charge is -2.33. The van der Waals surface area contributed by atoms with Crippen LogP contribution in [0.3, 0.4) is 0 Å². The fourth-order valence-corrected chi connectivity index (χ4v) is 2.70. The topological polar surface area (TPSA) is 0 Å². The minimum atomic E-state index is 0. The standard InChI is InChI=1S/C18H38N.BrH/c1-6-8-9-10-11-12-13-14-15-17-18(16-7-2)19(3,4)5;/h7,18H,2,6,8-17H2,1,3-5H3;1H/q+1;/p-1. The highest BCUT2D eigenvalue weighted by Gasteiger charge is 2.21. The molecule has 0 amide bonds. The molecule has 0 saturated heterocycles. The summed E-state index contributed by atoms with van der Waals surface area (Å²) in [5.41, 5.74) is 0. The van der Waals surface area contributed by atoms with Gasteiger partial charge in [-0.05, 0) is 12.8 Å². The molecule has 0 radical (unpaired) electrons. The van der Waals surface area contributed by atoms with E-state index >= 15 is 0 Å². The quantitative estimate of drug-likeness (QED) is 0.273. The average Bonchev–Trinajstić information content (AvgIpc) is 2.34. The third-order valence-electron chi connectivity index (χ3n) is 4.18. The zero-order valence-corrected chi connectivity index (χ0v) is 16.1. The molecular formula is C18H38BrN. The van der Waals surface area contributed by atoms with Crippen molar-refractivity contribution in [3.05, 3.63) is 12.7 Å². The maximum atomic E-state index is 3.90. The first kappa shape index (κ1) is 22.5. The molecule has 0 aliphatic heterocycles. The summed E-state index contributed by atoms with van der Waals surface area (Å²) in [5.74, 6) is 0. The van der Waals surface area contributed by atoms with Crippen LogP contribution in [0, 0.1) is 0 Å². The first-order valence-electron chi connectivity index (χ1n) is 8.44. The van der Waals surface area contributed by atoms with Crippen LogP contribution in [-0.4, -0.2) is 31.7 Å². The summed E-state index contributed by atoms with van der Waals surface area (Å²) in [4.78, 5) is 0. The second-order valence-corrected chi connectivity index (χ2v) is 6.91. The fourth-order valence-electron chi connectivity index (χ4n) is 2.70. The van der Waals surface area contributed by atoms with Crippen LogP contribution in [0.5, 0.6) is 0 Å². The van der Waals surface area contributed by atoms with Gasteiger partial charge in [0.1, 0.15) is 0 Å². The molecule has 0 saturated carbocycles. The van der Waals surface area contributed by atoms with Gasteiger partial charge in [0.25, 0.3) is 0 Å². The van der Waals surface area contributed by atoms with Gasteiger partial charge in [0.05, 0.1) is 27.2 Å². The Morgan fingerprint density at radius 2 is 1.30 bits per heavy atom. The van der Waals surface area contributed by atoms with E-state index < -0.39 is 0 Å². The van der Waals surface area contributed by atoms with Crippen molar-refractivity contribution in [2.24, 2.45) is 0 Å². The van der Waals surface area contributed by atoms with Crippen molar-refractivity contribution in [1.82, 2.24) is 0 Å². The van der Waals surface area contributed by atoms with Gasteiger partial charge < -0.3 is 21.5 Å². The van der Waals surface area contributed by atoms with Crippen LogP contribution in [0.1, 0.15) is 77.6 Å². The molecule has 2 heteroatoms. The molecule has 1 unspecified atom stereocenters. The van der Waals surface area contributed by atoms with E-state index in [4.69, 9.17) is 0 Å². The number of unbranched alkanes of at least 4 members (excludes halogenated alkanes) is 8. The minimum Gasteiger partial charge on any atom is -1.00 e. The molecule has 0 spiro atoms. The summed E-state index contributed by atoms with van der Waals surface area (Å²) < 4.78 is 1.07. The lowest BCUT2D eigenvalue weighted by atomic mass is 10.0. The molecule has 0 heterocycles. The SMILES string of the molecule is C=CCC(CCCCCCCCCCC)[N+](C)(C)C.[Br-]. The monoisotopic (exact) mass is 347 g/mol. The maximum absolute atomic E-state index is 3.90. The van der Waals surface area contributed by atoms with Crippen molar-refractivity contribution < 1.29 is 21.5 Å². The Bertz CT molecular complexity index is 208. The molecular weight excluding hydrogens is 310 g/mol. The third kappa shape index (κ3) is 13.2. The first-order chi connectivity index (χ1) is 9.02. The van der Waals surface area contributed by atoms with Crippen LogP contribution in [-0.2, 0) is 0 Å². The van der Waals surface area contributed by atoms with Crippen molar-refractivity contribution in [3.8, 4) is 0 Å². The lowest BCUT2D eigenvalue weighted by molar-refractivity contribution is -0.896. The van der Waals surface area contributed by atoms with Gasteiger partial charge in [-0.15, -0.1) is 6.58 Å². The van der Waals surface area contributed by atoms with E-state index in [1.165, 1.54) is 64.2 Å². The van der Waals surface area contributed by atoms with E-state index in [-0.39, 0.29) is 17.0 Å². The summed E-state index contributed by atoms with van der Waals surface area (Å²) >= 11 is 0. The highest BCUT2D eigenvalue weighted by molar-refractivity contribution is 4.73. The van der Waals surface area contributed by atoms with Crippen molar-refractivity contribution in [2.75, 3.05) is 21.1 Å². The Morgan fingerprint density at radius 3 is 1.70 bits per heavy atom. The van der Waals surface area contributed by atoms with E-state index in [1.54, 1.807) is 0 Å². The molecule has 0 aromatic rings. The number of hydrogen-bond acceptors (Lipinski definition) is 0. The summed E-state index contributed by atoms with van der Waals surface area (Å²) in [7, 11) is 6.92. The number of nitrogens with zero attached hydrogens (tertiary/aromatic N) is 1. The minimum absolute atomic E-state index is 0.